The van der Waals surface area contributed by atoms with Crippen LogP contribution < -0.4 is 10.1 Å². The van der Waals surface area contributed by atoms with Crippen molar-refractivity contribution in [3.63, 3.8) is 0 Å². The van der Waals surface area contributed by atoms with Crippen LogP contribution in [0.3, 0.4) is 0 Å². The van der Waals surface area contributed by atoms with Gasteiger partial charge in [0.15, 0.2) is 12.4 Å². The van der Waals surface area contributed by atoms with Crippen LogP contribution in [0.2, 0.25) is 0 Å². The van der Waals surface area contributed by atoms with Gasteiger partial charge in [-0.05, 0) is 36.8 Å². The number of morpholine rings is 1. The molecule has 1 aromatic heterocycles. The molecule has 34 heavy (non-hydrogen) atoms. The minimum absolute atomic E-state index is 0.0194. The number of nitrogens with zero attached hydrogens (tertiary/aromatic N) is 3. The highest BCUT2D eigenvalue weighted by molar-refractivity contribution is 5.93. The zero-order valence-corrected chi connectivity index (χ0v) is 19.1. The van der Waals surface area contributed by atoms with Crippen LogP contribution in [-0.4, -0.2) is 66.1 Å². The third-order valence-corrected chi connectivity index (χ3v) is 5.28. The monoisotopic (exact) mass is 464 g/mol. The zero-order valence-electron chi connectivity index (χ0n) is 19.1. The van der Waals surface area contributed by atoms with E-state index in [4.69, 9.17) is 14.2 Å². The summed E-state index contributed by atoms with van der Waals surface area (Å²) in [7, 11) is 0. The van der Waals surface area contributed by atoms with E-state index in [0.717, 1.165) is 38.5 Å². The third kappa shape index (κ3) is 6.21. The molecule has 1 amide bonds. The standard InChI is InChI=1S/C25H28N4O5/c1-2-33-25(31)24-22(17-29(27-24)21-6-4-3-5-7-21)34-18-23(30)26-20-10-8-19(9-11-20)16-28-12-14-32-15-13-28/h3-11,17H,2,12-16,18H2,1H3,(H,26,30). The van der Waals surface area contributed by atoms with Crippen molar-refractivity contribution < 1.29 is 23.8 Å². The molecule has 1 N–H and O–H groups in total. The molecular weight excluding hydrogens is 436 g/mol. The van der Waals surface area contributed by atoms with Gasteiger partial charge in [0.1, 0.15) is 0 Å². The van der Waals surface area contributed by atoms with Gasteiger partial charge in [-0.1, -0.05) is 30.3 Å². The largest absolute Gasteiger partial charge is 0.480 e. The van der Waals surface area contributed by atoms with Crippen molar-refractivity contribution in [3.05, 3.63) is 72.1 Å². The first-order valence-electron chi connectivity index (χ1n) is 11.3. The Kier molecular flexibility index (Phi) is 7.90. The van der Waals surface area contributed by atoms with Gasteiger partial charge in [0, 0.05) is 25.3 Å². The average Bonchev–Trinajstić information content (AvgIpc) is 3.30. The van der Waals surface area contributed by atoms with Crippen molar-refractivity contribution in [3.8, 4) is 11.4 Å². The van der Waals surface area contributed by atoms with Crippen LogP contribution in [-0.2, 0) is 20.8 Å². The van der Waals surface area contributed by atoms with E-state index in [2.05, 4.69) is 15.3 Å². The second kappa shape index (κ2) is 11.4. The molecule has 0 radical (unpaired) electrons. The fraction of sp³-hybridized carbons (Fsp3) is 0.320. The van der Waals surface area contributed by atoms with E-state index in [1.165, 1.54) is 10.2 Å². The number of rotatable bonds is 9. The highest BCUT2D eigenvalue weighted by atomic mass is 16.5. The molecule has 1 saturated heterocycles. The van der Waals surface area contributed by atoms with E-state index in [1.807, 2.05) is 54.6 Å². The summed E-state index contributed by atoms with van der Waals surface area (Å²) in [6.07, 6.45) is 1.56. The Morgan fingerprint density at radius 3 is 2.50 bits per heavy atom. The average molecular weight is 465 g/mol. The fourth-order valence-electron chi connectivity index (χ4n) is 3.57. The first-order chi connectivity index (χ1) is 16.6. The first-order valence-corrected chi connectivity index (χ1v) is 11.3. The Hall–Kier alpha value is -3.69. The number of ether oxygens (including phenoxy) is 3. The molecule has 0 atom stereocenters. The molecule has 0 aliphatic carbocycles. The van der Waals surface area contributed by atoms with E-state index in [9.17, 15) is 9.59 Å². The van der Waals surface area contributed by atoms with Crippen LogP contribution >= 0.6 is 0 Å². The third-order valence-electron chi connectivity index (χ3n) is 5.28. The minimum Gasteiger partial charge on any atom is -0.480 e. The highest BCUT2D eigenvalue weighted by Gasteiger charge is 2.21. The van der Waals surface area contributed by atoms with Gasteiger partial charge in [0.25, 0.3) is 5.91 Å². The molecule has 1 fully saturated rings. The number of hydrogen-bond acceptors (Lipinski definition) is 7. The summed E-state index contributed by atoms with van der Waals surface area (Å²) in [5, 5.41) is 7.11. The van der Waals surface area contributed by atoms with E-state index in [0.29, 0.717) is 5.69 Å². The molecule has 3 aromatic rings. The molecule has 4 rings (SSSR count). The molecule has 0 saturated carbocycles. The lowest BCUT2D eigenvalue weighted by Gasteiger charge is -2.26. The van der Waals surface area contributed by atoms with Gasteiger partial charge < -0.3 is 19.5 Å². The van der Waals surface area contributed by atoms with Crippen molar-refractivity contribution in [2.75, 3.05) is 44.8 Å². The number of nitrogens with one attached hydrogen (secondary N) is 1. The molecule has 2 heterocycles. The number of aromatic nitrogens is 2. The Labute approximate surface area is 198 Å². The Morgan fingerprint density at radius 2 is 1.79 bits per heavy atom. The number of amides is 1. The molecule has 178 valence electrons. The second-order valence-electron chi connectivity index (χ2n) is 7.76. The van der Waals surface area contributed by atoms with Gasteiger partial charge in [0.05, 0.1) is 31.7 Å². The van der Waals surface area contributed by atoms with Crippen molar-refractivity contribution in [1.29, 1.82) is 0 Å². The van der Waals surface area contributed by atoms with E-state index in [-0.39, 0.29) is 30.6 Å². The molecule has 0 spiro atoms. The number of carbonyl (C=O) groups excluding carboxylic acids is 2. The van der Waals surface area contributed by atoms with E-state index < -0.39 is 5.97 Å². The minimum atomic E-state index is -0.608. The Morgan fingerprint density at radius 1 is 1.06 bits per heavy atom. The van der Waals surface area contributed by atoms with Crippen LogP contribution in [0.25, 0.3) is 5.69 Å². The maximum atomic E-state index is 12.5. The lowest BCUT2D eigenvalue weighted by atomic mass is 10.2. The summed E-state index contributed by atoms with van der Waals surface area (Å²) in [4.78, 5) is 27.1. The van der Waals surface area contributed by atoms with Gasteiger partial charge >= 0.3 is 5.97 Å². The maximum Gasteiger partial charge on any atom is 0.362 e. The molecule has 0 bridgehead atoms. The summed E-state index contributed by atoms with van der Waals surface area (Å²) in [5.41, 5.74) is 2.61. The van der Waals surface area contributed by atoms with Crippen molar-refractivity contribution >= 4 is 17.6 Å². The number of hydrogen-bond donors (Lipinski definition) is 1. The first kappa shape index (κ1) is 23.5. The van der Waals surface area contributed by atoms with E-state index >= 15 is 0 Å². The van der Waals surface area contributed by atoms with Crippen molar-refractivity contribution in [2.24, 2.45) is 0 Å². The van der Waals surface area contributed by atoms with Crippen LogP contribution in [0.4, 0.5) is 5.69 Å². The van der Waals surface area contributed by atoms with Crippen LogP contribution in [0, 0.1) is 0 Å². The maximum absolute atomic E-state index is 12.5. The van der Waals surface area contributed by atoms with Gasteiger partial charge in [-0.15, -0.1) is 0 Å². The van der Waals surface area contributed by atoms with Crippen LogP contribution in [0.5, 0.6) is 5.75 Å². The number of para-hydroxylation sites is 1. The summed E-state index contributed by atoms with van der Waals surface area (Å²) < 4.78 is 17.6. The molecule has 1 aliphatic rings. The lowest BCUT2D eigenvalue weighted by molar-refractivity contribution is -0.118. The summed E-state index contributed by atoms with van der Waals surface area (Å²) in [5.74, 6) is -0.773. The Balaban J connectivity index is 1.36. The van der Waals surface area contributed by atoms with E-state index in [1.54, 1.807) is 13.1 Å². The number of benzene rings is 2. The van der Waals surface area contributed by atoms with Crippen LogP contribution in [0.1, 0.15) is 23.0 Å². The molecule has 2 aromatic carbocycles. The molecule has 0 unspecified atom stereocenters. The second-order valence-corrected chi connectivity index (χ2v) is 7.76. The van der Waals surface area contributed by atoms with Crippen LogP contribution in [0.15, 0.2) is 60.8 Å². The summed E-state index contributed by atoms with van der Waals surface area (Å²) in [6, 6.07) is 17.0. The predicted molar refractivity (Wildman–Crippen MR) is 126 cm³/mol. The molecule has 9 nitrogen and oxygen atoms in total. The highest BCUT2D eigenvalue weighted by Crippen LogP contribution is 2.21. The van der Waals surface area contributed by atoms with Crippen molar-refractivity contribution in [1.82, 2.24) is 14.7 Å². The normalized spacial score (nSPS) is 13.9. The quantitative estimate of drug-likeness (QED) is 0.487. The van der Waals surface area contributed by atoms with Crippen molar-refractivity contribution in [2.45, 2.75) is 13.5 Å². The molecule has 9 heteroatoms. The van der Waals surface area contributed by atoms with Gasteiger partial charge in [-0.2, -0.15) is 5.10 Å². The topological polar surface area (TPSA) is 94.9 Å². The predicted octanol–water partition coefficient (Wildman–Crippen LogP) is 2.90. The van der Waals surface area contributed by atoms with Gasteiger partial charge in [0.2, 0.25) is 5.69 Å². The zero-order chi connectivity index (χ0) is 23.8. The summed E-state index contributed by atoms with van der Waals surface area (Å²) in [6.45, 7) is 5.86. The Bertz CT molecular complexity index is 1090. The fourth-order valence-corrected chi connectivity index (χ4v) is 3.57. The lowest BCUT2D eigenvalue weighted by Crippen LogP contribution is -2.35. The molecule has 1 aliphatic heterocycles. The van der Waals surface area contributed by atoms with Gasteiger partial charge in [-0.3, -0.25) is 9.69 Å². The number of anilines is 1. The molecular formula is C25H28N4O5. The smallest absolute Gasteiger partial charge is 0.362 e. The SMILES string of the molecule is CCOC(=O)c1nn(-c2ccccc2)cc1OCC(=O)Nc1ccc(CN2CCOCC2)cc1. The summed E-state index contributed by atoms with van der Waals surface area (Å²) >= 11 is 0. The van der Waals surface area contributed by atoms with Gasteiger partial charge in [-0.25, -0.2) is 9.48 Å². The number of carbonyl (C=O) groups is 2. The number of esters is 1.